The van der Waals surface area contributed by atoms with Gasteiger partial charge in [0.15, 0.2) is 0 Å². The molecule has 1 saturated heterocycles. The number of hydrogen-bond acceptors (Lipinski definition) is 3. The van der Waals surface area contributed by atoms with E-state index >= 15 is 0 Å². The first-order valence-electron chi connectivity index (χ1n) is 7.15. The number of benzene rings is 1. The maximum Gasteiger partial charge on any atom is 0.228 e. The fraction of sp³-hybridized carbons (Fsp3) is 0.533. The van der Waals surface area contributed by atoms with Gasteiger partial charge in [-0.1, -0.05) is 18.6 Å². The van der Waals surface area contributed by atoms with Crippen LogP contribution in [0, 0.1) is 0 Å². The molecule has 1 aromatic carbocycles. The molecular weight excluding hydrogens is 238 g/mol. The highest BCUT2D eigenvalue weighted by Gasteiger charge is 2.24. The second-order valence-electron chi connectivity index (χ2n) is 5.49. The van der Waals surface area contributed by atoms with Crippen LogP contribution in [0.1, 0.15) is 36.4 Å². The van der Waals surface area contributed by atoms with E-state index in [1.165, 1.54) is 24.8 Å². The van der Waals surface area contributed by atoms with E-state index in [4.69, 9.17) is 5.73 Å². The lowest BCUT2D eigenvalue weighted by Crippen LogP contribution is -2.37. The molecule has 2 aliphatic rings. The van der Waals surface area contributed by atoms with Crippen molar-refractivity contribution in [3.63, 3.8) is 0 Å². The van der Waals surface area contributed by atoms with E-state index in [9.17, 15) is 4.79 Å². The van der Waals surface area contributed by atoms with Crippen LogP contribution in [0.15, 0.2) is 18.2 Å². The standard InChI is InChI=1S/C15H21N3O/c16-10-14(18-6-2-1-3-7-18)11-4-5-13-12(8-11)9-15(19)17-13/h4-5,8,14H,1-3,6-7,9-10,16H2,(H,17,19). The zero-order chi connectivity index (χ0) is 13.2. The van der Waals surface area contributed by atoms with Crippen LogP contribution in [-0.2, 0) is 11.2 Å². The Hall–Kier alpha value is -1.39. The molecule has 2 heterocycles. The summed E-state index contributed by atoms with van der Waals surface area (Å²) < 4.78 is 0. The smallest absolute Gasteiger partial charge is 0.228 e. The maximum absolute atomic E-state index is 11.4. The number of anilines is 1. The first kappa shape index (κ1) is 12.6. The summed E-state index contributed by atoms with van der Waals surface area (Å²) in [5, 5.41) is 2.88. The Morgan fingerprint density at radius 1 is 1.26 bits per heavy atom. The molecule has 1 amide bonds. The van der Waals surface area contributed by atoms with Gasteiger partial charge in [0.1, 0.15) is 0 Å². The molecule has 1 aromatic rings. The zero-order valence-corrected chi connectivity index (χ0v) is 11.2. The molecule has 1 unspecified atom stereocenters. The average molecular weight is 259 g/mol. The summed E-state index contributed by atoms with van der Waals surface area (Å²) in [6.45, 7) is 2.91. The van der Waals surface area contributed by atoms with Crippen molar-refractivity contribution in [1.29, 1.82) is 0 Å². The first-order chi connectivity index (χ1) is 9.28. The molecule has 1 atom stereocenters. The number of carbonyl (C=O) groups is 1. The van der Waals surface area contributed by atoms with Gasteiger partial charge >= 0.3 is 0 Å². The second-order valence-corrected chi connectivity index (χ2v) is 5.49. The van der Waals surface area contributed by atoms with Gasteiger partial charge in [0.25, 0.3) is 0 Å². The highest BCUT2D eigenvalue weighted by atomic mass is 16.1. The van der Waals surface area contributed by atoms with Gasteiger partial charge in [-0.3, -0.25) is 9.69 Å². The van der Waals surface area contributed by atoms with Gasteiger partial charge < -0.3 is 11.1 Å². The maximum atomic E-state index is 11.4. The summed E-state index contributed by atoms with van der Waals surface area (Å²) in [6.07, 6.45) is 4.36. The fourth-order valence-corrected chi connectivity index (χ4v) is 3.18. The van der Waals surface area contributed by atoms with Crippen molar-refractivity contribution in [1.82, 2.24) is 4.90 Å². The molecule has 0 aromatic heterocycles. The molecule has 3 rings (SSSR count). The van der Waals surface area contributed by atoms with Crippen molar-refractivity contribution in [2.24, 2.45) is 5.73 Å². The van der Waals surface area contributed by atoms with Gasteiger partial charge in [0, 0.05) is 18.3 Å². The summed E-state index contributed by atoms with van der Waals surface area (Å²) in [7, 11) is 0. The van der Waals surface area contributed by atoms with Crippen LogP contribution < -0.4 is 11.1 Å². The van der Waals surface area contributed by atoms with Crippen molar-refractivity contribution >= 4 is 11.6 Å². The van der Waals surface area contributed by atoms with Crippen LogP contribution in [-0.4, -0.2) is 30.4 Å². The molecule has 4 heteroatoms. The molecule has 0 radical (unpaired) electrons. The predicted octanol–water partition coefficient (Wildman–Crippen LogP) is 1.67. The largest absolute Gasteiger partial charge is 0.329 e. The van der Waals surface area contributed by atoms with Crippen molar-refractivity contribution in [2.75, 3.05) is 25.0 Å². The third kappa shape index (κ3) is 2.51. The minimum atomic E-state index is 0.0921. The van der Waals surface area contributed by atoms with Crippen molar-refractivity contribution in [3.05, 3.63) is 29.3 Å². The van der Waals surface area contributed by atoms with E-state index in [0.717, 1.165) is 24.3 Å². The van der Waals surface area contributed by atoms with Crippen LogP contribution in [0.25, 0.3) is 0 Å². The van der Waals surface area contributed by atoms with Gasteiger partial charge in [-0.15, -0.1) is 0 Å². The lowest BCUT2D eigenvalue weighted by atomic mass is 9.99. The normalized spacial score (nSPS) is 21.0. The molecule has 0 saturated carbocycles. The second kappa shape index (κ2) is 5.31. The molecule has 0 spiro atoms. The first-order valence-corrected chi connectivity index (χ1v) is 7.15. The van der Waals surface area contributed by atoms with Crippen molar-refractivity contribution in [2.45, 2.75) is 31.7 Å². The van der Waals surface area contributed by atoms with Gasteiger partial charge in [-0.2, -0.15) is 0 Å². The third-order valence-corrected chi connectivity index (χ3v) is 4.19. The highest BCUT2D eigenvalue weighted by molar-refractivity contribution is 5.99. The van der Waals surface area contributed by atoms with E-state index in [1.807, 2.05) is 6.07 Å². The highest BCUT2D eigenvalue weighted by Crippen LogP contribution is 2.29. The third-order valence-electron chi connectivity index (χ3n) is 4.19. The lowest BCUT2D eigenvalue weighted by molar-refractivity contribution is -0.115. The summed E-state index contributed by atoms with van der Waals surface area (Å²) in [6, 6.07) is 6.57. The number of piperidine rings is 1. The van der Waals surface area contributed by atoms with Crippen LogP contribution in [0.2, 0.25) is 0 Å². The van der Waals surface area contributed by atoms with Crippen LogP contribution in [0.3, 0.4) is 0 Å². The van der Waals surface area contributed by atoms with Crippen LogP contribution in [0.5, 0.6) is 0 Å². The van der Waals surface area contributed by atoms with E-state index in [2.05, 4.69) is 22.3 Å². The summed E-state index contributed by atoms with van der Waals surface area (Å²) in [5.74, 6) is 0.0921. The van der Waals surface area contributed by atoms with Gasteiger partial charge in [-0.05, 0) is 43.1 Å². The van der Waals surface area contributed by atoms with E-state index in [1.54, 1.807) is 0 Å². The minimum Gasteiger partial charge on any atom is -0.329 e. The van der Waals surface area contributed by atoms with Gasteiger partial charge in [0.05, 0.1) is 6.42 Å². The molecular formula is C15H21N3O. The Kier molecular flexibility index (Phi) is 3.53. The molecule has 3 N–H and O–H groups in total. The number of likely N-dealkylation sites (tertiary alicyclic amines) is 1. The zero-order valence-electron chi connectivity index (χ0n) is 11.2. The average Bonchev–Trinajstić information content (AvgIpc) is 2.80. The fourth-order valence-electron chi connectivity index (χ4n) is 3.18. The number of rotatable bonds is 3. The number of nitrogens with two attached hydrogens (primary N) is 1. The molecule has 0 aliphatic carbocycles. The van der Waals surface area contributed by atoms with Crippen LogP contribution in [0.4, 0.5) is 5.69 Å². The quantitative estimate of drug-likeness (QED) is 0.868. The number of carbonyl (C=O) groups excluding carboxylic acids is 1. The van der Waals surface area contributed by atoms with E-state index < -0.39 is 0 Å². The number of amides is 1. The predicted molar refractivity (Wildman–Crippen MR) is 76.0 cm³/mol. The topological polar surface area (TPSA) is 58.4 Å². The number of hydrogen-bond donors (Lipinski definition) is 2. The number of nitrogens with one attached hydrogen (secondary N) is 1. The summed E-state index contributed by atoms with van der Waals surface area (Å²) in [5.41, 5.74) is 9.30. The Morgan fingerprint density at radius 3 is 2.79 bits per heavy atom. The van der Waals surface area contributed by atoms with Crippen molar-refractivity contribution < 1.29 is 4.79 Å². The van der Waals surface area contributed by atoms with Gasteiger partial charge in [0.2, 0.25) is 5.91 Å². The van der Waals surface area contributed by atoms with Crippen LogP contribution >= 0.6 is 0 Å². The van der Waals surface area contributed by atoms with Gasteiger partial charge in [-0.25, -0.2) is 0 Å². The Balaban J connectivity index is 1.83. The molecule has 19 heavy (non-hydrogen) atoms. The van der Waals surface area contributed by atoms with Crippen molar-refractivity contribution in [3.8, 4) is 0 Å². The molecule has 2 aliphatic heterocycles. The van der Waals surface area contributed by atoms with E-state index in [0.29, 0.717) is 19.0 Å². The Bertz CT molecular complexity index is 480. The van der Waals surface area contributed by atoms with E-state index in [-0.39, 0.29) is 5.91 Å². The Morgan fingerprint density at radius 2 is 2.05 bits per heavy atom. The molecule has 1 fully saturated rings. The molecule has 102 valence electrons. The number of nitrogens with zero attached hydrogens (tertiary/aromatic N) is 1. The molecule has 0 bridgehead atoms. The summed E-state index contributed by atoms with van der Waals surface area (Å²) in [4.78, 5) is 13.9. The SMILES string of the molecule is NCC(c1ccc2c(c1)CC(=O)N2)N1CCCCC1. The number of fused-ring (bicyclic) bond motifs is 1. The lowest BCUT2D eigenvalue weighted by Gasteiger charge is -2.34. The monoisotopic (exact) mass is 259 g/mol. The molecule has 4 nitrogen and oxygen atoms in total. The minimum absolute atomic E-state index is 0.0921. The Labute approximate surface area is 114 Å². The summed E-state index contributed by atoms with van der Waals surface area (Å²) >= 11 is 0.